The second kappa shape index (κ2) is 10.6. The summed E-state index contributed by atoms with van der Waals surface area (Å²) >= 11 is 0. The molecule has 0 heterocycles. The van der Waals surface area contributed by atoms with Crippen molar-refractivity contribution >= 4 is 5.78 Å². The average molecular weight is 174 g/mol. The number of ketones is 1. The molecule has 0 aliphatic heterocycles. The number of hydrogen-bond acceptors (Lipinski definition) is 2. The molecule has 0 aromatic heterocycles. The van der Waals surface area contributed by atoms with Crippen molar-refractivity contribution in [1.29, 1.82) is 0 Å². The van der Waals surface area contributed by atoms with Crippen molar-refractivity contribution in [3.05, 3.63) is 0 Å². The van der Waals surface area contributed by atoms with Gasteiger partial charge in [0.2, 0.25) is 0 Å². The topological polar surface area (TPSA) is 37.3 Å². The molecule has 0 rings (SSSR count). The predicted octanol–water partition coefficient (Wildman–Crippen LogP) is 2.54. The van der Waals surface area contributed by atoms with E-state index in [1.807, 2.05) is 6.92 Å². The van der Waals surface area contributed by atoms with E-state index in [-0.39, 0.29) is 11.9 Å². The lowest BCUT2D eigenvalue weighted by Gasteiger charge is -2.03. The third-order valence-electron chi connectivity index (χ3n) is 1.30. The number of rotatable bonds is 4. The van der Waals surface area contributed by atoms with Crippen LogP contribution in [0.1, 0.15) is 53.4 Å². The summed E-state index contributed by atoms with van der Waals surface area (Å²) in [6, 6.07) is 0. The van der Waals surface area contributed by atoms with Crippen LogP contribution < -0.4 is 0 Å². The fourth-order valence-electron chi connectivity index (χ4n) is 0.574. The summed E-state index contributed by atoms with van der Waals surface area (Å²) in [5.41, 5.74) is 0. The lowest BCUT2D eigenvalue weighted by Crippen LogP contribution is -2.05. The molecule has 2 heteroatoms. The lowest BCUT2D eigenvalue weighted by atomic mass is 10.1. The molecule has 0 radical (unpaired) electrons. The van der Waals surface area contributed by atoms with Gasteiger partial charge in [-0.2, -0.15) is 0 Å². The van der Waals surface area contributed by atoms with Gasteiger partial charge in [-0.15, -0.1) is 0 Å². The highest BCUT2D eigenvalue weighted by Gasteiger charge is 2.01. The Morgan fingerprint density at radius 2 is 1.75 bits per heavy atom. The smallest absolute Gasteiger partial charge is 0.129 e. The van der Waals surface area contributed by atoms with E-state index in [1.54, 1.807) is 6.92 Å². The highest BCUT2D eigenvalue weighted by molar-refractivity contribution is 5.75. The summed E-state index contributed by atoms with van der Waals surface area (Å²) in [5, 5.41) is 8.95. The van der Waals surface area contributed by atoms with Gasteiger partial charge in [0, 0.05) is 6.42 Å². The first-order valence-corrected chi connectivity index (χ1v) is 4.75. The standard InChI is InChI=1S/C7H14O2.C3H8/c1-3-7(9)5-4-6(2)8;1-3-2/h7,9H,3-5H2,1-2H3;3H2,1-2H3. The van der Waals surface area contributed by atoms with E-state index in [9.17, 15) is 4.79 Å². The van der Waals surface area contributed by atoms with E-state index < -0.39 is 0 Å². The van der Waals surface area contributed by atoms with Gasteiger partial charge < -0.3 is 9.90 Å². The first kappa shape index (κ1) is 14.2. The summed E-state index contributed by atoms with van der Waals surface area (Å²) in [4.78, 5) is 10.4. The maximum absolute atomic E-state index is 10.4. The van der Waals surface area contributed by atoms with Crippen LogP contribution in [0.3, 0.4) is 0 Å². The van der Waals surface area contributed by atoms with Gasteiger partial charge in [-0.25, -0.2) is 0 Å². The molecule has 0 saturated carbocycles. The molecule has 1 unspecified atom stereocenters. The largest absolute Gasteiger partial charge is 0.393 e. The highest BCUT2D eigenvalue weighted by atomic mass is 16.3. The maximum atomic E-state index is 10.4. The second-order valence-corrected chi connectivity index (χ2v) is 3.01. The van der Waals surface area contributed by atoms with Gasteiger partial charge in [-0.3, -0.25) is 0 Å². The Bertz CT molecular complexity index is 100. The van der Waals surface area contributed by atoms with Crippen molar-refractivity contribution in [1.82, 2.24) is 0 Å². The minimum Gasteiger partial charge on any atom is -0.393 e. The van der Waals surface area contributed by atoms with E-state index in [2.05, 4.69) is 13.8 Å². The number of Topliss-reactive ketones (excluding diaryl/α,β-unsaturated/α-hetero) is 1. The summed E-state index contributed by atoms with van der Waals surface area (Å²) in [5.74, 6) is 0.155. The molecule has 0 fully saturated rings. The molecule has 0 bridgehead atoms. The van der Waals surface area contributed by atoms with Crippen LogP contribution in [0.15, 0.2) is 0 Å². The third kappa shape index (κ3) is 16.3. The molecule has 0 aromatic rings. The van der Waals surface area contributed by atoms with Crippen LogP contribution in [0, 0.1) is 0 Å². The monoisotopic (exact) mass is 174 g/mol. The van der Waals surface area contributed by atoms with Crippen molar-refractivity contribution in [2.24, 2.45) is 0 Å². The van der Waals surface area contributed by atoms with E-state index in [0.717, 1.165) is 6.42 Å². The Hall–Kier alpha value is -0.370. The molecule has 0 saturated heterocycles. The van der Waals surface area contributed by atoms with E-state index in [0.29, 0.717) is 12.8 Å². The molecule has 0 aromatic carbocycles. The number of aliphatic hydroxyl groups excluding tert-OH is 1. The average Bonchev–Trinajstić information content (AvgIpc) is 2.01. The zero-order valence-electron chi connectivity index (χ0n) is 8.76. The van der Waals surface area contributed by atoms with Crippen LogP contribution in [0.4, 0.5) is 0 Å². The summed E-state index contributed by atoms with van der Waals surface area (Å²) in [6.45, 7) is 7.70. The number of carbonyl (C=O) groups is 1. The zero-order chi connectivity index (χ0) is 9.98. The number of hydrogen-bond donors (Lipinski definition) is 1. The van der Waals surface area contributed by atoms with Crippen molar-refractivity contribution in [2.45, 2.75) is 59.5 Å². The fraction of sp³-hybridized carbons (Fsp3) is 0.900. The van der Waals surface area contributed by atoms with Crippen LogP contribution in [0.2, 0.25) is 0 Å². The number of carbonyl (C=O) groups excluding carboxylic acids is 1. The molecule has 0 amide bonds. The summed E-state index contributed by atoms with van der Waals surface area (Å²) in [6.07, 6.45) is 2.84. The van der Waals surface area contributed by atoms with Crippen LogP contribution in [-0.4, -0.2) is 17.0 Å². The molecule has 1 N–H and O–H groups in total. The summed E-state index contributed by atoms with van der Waals surface area (Å²) < 4.78 is 0. The molecular formula is C10H22O2. The van der Waals surface area contributed by atoms with Crippen molar-refractivity contribution in [3.63, 3.8) is 0 Å². The van der Waals surface area contributed by atoms with Gasteiger partial charge in [0.15, 0.2) is 0 Å². The van der Waals surface area contributed by atoms with E-state index >= 15 is 0 Å². The molecule has 12 heavy (non-hydrogen) atoms. The molecule has 0 aliphatic rings. The molecule has 2 nitrogen and oxygen atoms in total. The van der Waals surface area contributed by atoms with Gasteiger partial charge in [0.05, 0.1) is 6.10 Å². The van der Waals surface area contributed by atoms with Crippen LogP contribution >= 0.6 is 0 Å². The van der Waals surface area contributed by atoms with Gasteiger partial charge in [0.1, 0.15) is 5.78 Å². The Morgan fingerprint density at radius 1 is 1.33 bits per heavy atom. The van der Waals surface area contributed by atoms with Gasteiger partial charge in [0.25, 0.3) is 0 Å². The first-order valence-electron chi connectivity index (χ1n) is 4.75. The zero-order valence-corrected chi connectivity index (χ0v) is 8.76. The van der Waals surface area contributed by atoms with Gasteiger partial charge in [-0.1, -0.05) is 27.2 Å². The van der Waals surface area contributed by atoms with Crippen LogP contribution in [0.5, 0.6) is 0 Å². The quantitative estimate of drug-likeness (QED) is 0.711. The van der Waals surface area contributed by atoms with Crippen LogP contribution in [-0.2, 0) is 4.79 Å². The van der Waals surface area contributed by atoms with E-state index in [1.165, 1.54) is 6.42 Å². The molecule has 0 aliphatic carbocycles. The minimum absolute atomic E-state index is 0.155. The Morgan fingerprint density at radius 3 is 2.00 bits per heavy atom. The fourth-order valence-corrected chi connectivity index (χ4v) is 0.574. The first-order chi connectivity index (χ1) is 5.58. The van der Waals surface area contributed by atoms with Crippen LogP contribution in [0.25, 0.3) is 0 Å². The molecular weight excluding hydrogens is 152 g/mol. The van der Waals surface area contributed by atoms with Crippen molar-refractivity contribution < 1.29 is 9.90 Å². The lowest BCUT2D eigenvalue weighted by molar-refractivity contribution is -0.117. The molecule has 0 spiro atoms. The second-order valence-electron chi connectivity index (χ2n) is 3.01. The summed E-state index contributed by atoms with van der Waals surface area (Å²) in [7, 11) is 0. The maximum Gasteiger partial charge on any atom is 0.129 e. The van der Waals surface area contributed by atoms with Gasteiger partial charge in [-0.05, 0) is 19.8 Å². The minimum atomic E-state index is -0.283. The molecule has 1 atom stereocenters. The Kier molecular flexibility index (Phi) is 12.6. The van der Waals surface area contributed by atoms with Gasteiger partial charge >= 0.3 is 0 Å². The molecule has 74 valence electrons. The van der Waals surface area contributed by atoms with Crippen molar-refractivity contribution in [3.8, 4) is 0 Å². The highest BCUT2D eigenvalue weighted by Crippen LogP contribution is 2.00. The SMILES string of the molecule is CCC.CCC(O)CCC(C)=O. The Labute approximate surface area is 76.0 Å². The normalized spacial score (nSPS) is 11.4. The number of aliphatic hydroxyl groups is 1. The predicted molar refractivity (Wildman–Crippen MR) is 52.2 cm³/mol. The van der Waals surface area contributed by atoms with E-state index in [4.69, 9.17) is 5.11 Å². The third-order valence-corrected chi connectivity index (χ3v) is 1.30. The Balaban J connectivity index is 0. The van der Waals surface area contributed by atoms with Crippen molar-refractivity contribution in [2.75, 3.05) is 0 Å².